The molecule has 136 valence electrons. The van der Waals surface area contributed by atoms with Gasteiger partial charge in [0.05, 0.1) is 6.61 Å². The smallest absolute Gasteiger partial charge is 0.306 e. The minimum absolute atomic E-state index is 0.0676. The van der Waals surface area contributed by atoms with Crippen molar-refractivity contribution < 1.29 is 9.53 Å². The molecule has 0 spiro atoms. The molecule has 1 aromatic carbocycles. The Morgan fingerprint density at radius 1 is 0.958 bits per heavy atom. The highest BCUT2D eigenvalue weighted by Gasteiger charge is 2.06. The Bertz CT molecular complexity index is 413. The zero-order valence-electron chi connectivity index (χ0n) is 15.8. The molecule has 0 heterocycles. The molecule has 2 heteroatoms. The van der Waals surface area contributed by atoms with Crippen LogP contribution in [-0.2, 0) is 16.0 Å². The van der Waals surface area contributed by atoms with E-state index < -0.39 is 0 Å². The van der Waals surface area contributed by atoms with E-state index >= 15 is 0 Å². The summed E-state index contributed by atoms with van der Waals surface area (Å²) in [6, 6.07) is 10.1. The third kappa shape index (κ3) is 11.3. The van der Waals surface area contributed by atoms with Crippen LogP contribution in [0.4, 0.5) is 0 Å². The number of carbonyl (C=O) groups is 1. The molecule has 0 saturated heterocycles. The van der Waals surface area contributed by atoms with Crippen LogP contribution in [0.3, 0.4) is 0 Å². The largest absolute Gasteiger partial charge is 0.466 e. The average molecular weight is 333 g/mol. The predicted octanol–water partition coefficient (Wildman–Crippen LogP) is 6.33. The van der Waals surface area contributed by atoms with E-state index in [9.17, 15) is 4.79 Å². The highest BCUT2D eigenvalue weighted by Crippen LogP contribution is 2.15. The Morgan fingerprint density at radius 2 is 1.62 bits per heavy atom. The second kappa shape index (κ2) is 14.1. The van der Waals surface area contributed by atoms with Crippen molar-refractivity contribution >= 4 is 5.97 Å². The zero-order chi connectivity index (χ0) is 17.5. The standard InChI is InChI=1S/C22H36O2/c1-3-4-5-6-7-8-10-13-20(2)18-19-24-22(23)17-16-21-14-11-9-12-15-21/h9,11-12,14-15,20H,3-8,10,13,16-19H2,1-2H3. The van der Waals surface area contributed by atoms with Crippen LogP contribution in [0.2, 0.25) is 0 Å². The third-order valence-corrected chi connectivity index (χ3v) is 4.63. The fourth-order valence-electron chi connectivity index (χ4n) is 2.93. The first-order chi connectivity index (χ1) is 11.7. The molecule has 1 rings (SSSR count). The maximum Gasteiger partial charge on any atom is 0.306 e. The molecule has 0 bridgehead atoms. The summed E-state index contributed by atoms with van der Waals surface area (Å²) in [7, 11) is 0. The Labute approximate surface area is 149 Å². The van der Waals surface area contributed by atoms with Gasteiger partial charge in [0, 0.05) is 6.42 Å². The summed E-state index contributed by atoms with van der Waals surface area (Å²) in [6.07, 6.45) is 13.0. The maximum atomic E-state index is 11.8. The van der Waals surface area contributed by atoms with Crippen LogP contribution >= 0.6 is 0 Å². The monoisotopic (exact) mass is 332 g/mol. The highest BCUT2D eigenvalue weighted by molar-refractivity contribution is 5.69. The van der Waals surface area contributed by atoms with Gasteiger partial charge in [0.1, 0.15) is 0 Å². The Morgan fingerprint density at radius 3 is 2.33 bits per heavy atom. The van der Waals surface area contributed by atoms with Crippen molar-refractivity contribution in [1.82, 2.24) is 0 Å². The molecule has 2 nitrogen and oxygen atoms in total. The van der Waals surface area contributed by atoms with Gasteiger partial charge in [0.2, 0.25) is 0 Å². The SMILES string of the molecule is CCCCCCCCCC(C)CCOC(=O)CCc1ccccc1. The fraction of sp³-hybridized carbons (Fsp3) is 0.682. The first kappa shape index (κ1) is 20.7. The Balaban J connectivity index is 1.94. The summed E-state index contributed by atoms with van der Waals surface area (Å²) in [6.45, 7) is 5.11. The minimum atomic E-state index is -0.0676. The van der Waals surface area contributed by atoms with Crippen molar-refractivity contribution in [3.05, 3.63) is 35.9 Å². The van der Waals surface area contributed by atoms with Gasteiger partial charge in [-0.05, 0) is 24.3 Å². The van der Waals surface area contributed by atoms with Gasteiger partial charge in [0.15, 0.2) is 0 Å². The molecule has 1 atom stereocenters. The van der Waals surface area contributed by atoms with Crippen molar-refractivity contribution in [3.63, 3.8) is 0 Å². The molecular weight excluding hydrogens is 296 g/mol. The van der Waals surface area contributed by atoms with E-state index in [0.717, 1.165) is 12.8 Å². The molecule has 0 N–H and O–H groups in total. The number of hydrogen-bond acceptors (Lipinski definition) is 2. The zero-order valence-corrected chi connectivity index (χ0v) is 15.8. The van der Waals surface area contributed by atoms with Gasteiger partial charge in [-0.3, -0.25) is 4.79 Å². The van der Waals surface area contributed by atoms with E-state index in [1.807, 2.05) is 18.2 Å². The number of aryl methyl sites for hydroxylation is 1. The van der Waals surface area contributed by atoms with Gasteiger partial charge in [-0.1, -0.05) is 95.5 Å². The van der Waals surface area contributed by atoms with E-state index in [1.165, 1.54) is 56.9 Å². The molecule has 0 aromatic heterocycles. The summed E-state index contributed by atoms with van der Waals surface area (Å²) < 4.78 is 5.37. The number of carbonyl (C=O) groups excluding carboxylic acids is 1. The summed E-state index contributed by atoms with van der Waals surface area (Å²) >= 11 is 0. The molecule has 0 amide bonds. The van der Waals surface area contributed by atoms with E-state index in [1.54, 1.807) is 0 Å². The van der Waals surface area contributed by atoms with Gasteiger partial charge in [-0.15, -0.1) is 0 Å². The van der Waals surface area contributed by atoms with Crippen molar-refractivity contribution in [2.24, 2.45) is 5.92 Å². The lowest BCUT2D eigenvalue weighted by Gasteiger charge is -2.11. The molecule has 0 radical (unpaired) electrons. The normalized spacial score (nSPS) is 12.1. The average Bonchev–Trinajstić information content (AvgIpc) is 2.60. The lowest BCUT2D eigenvalue weighted by atomic mass is 9.99. The van der Waals surface area contributed by atoms with Crippen LogP contribution in [0.5, 0.6) is 0 Å². The van der Waals surface area contributed by atoms with E-state index in [2.05, 4.69) is 26.0 Å². The molecule has 0 saturated carbocycles. The number of ether oxygens (including phenoxy) is 1. The van der Waals surface area contributed by atoms with Crippen molar-refractivity contribution in [2.45, 2.75) is 84.5 Å². The quantitative estimate of drug-likeness (QED) is 0.294. The van der Waals surface area contributed by atoms with Crippen LogP contribution in [0.15, 0.2) is 30.3 Å². The molecule has 0 aliphatic rings. The van der Waals surface area contributed by atoms with E-state index in [0.29, 0.717) is 18.9 Å². The lowest BCUT2D eigenvalue weighted by molar-refractivity contribution is -0.143. The van der Waals surface area contributed by atoms with Crippen molar-refractivity contribution in [2.75, 3.05) is 6.61 Å². The molecule has 0 aliphatic heterocycles. The molecular formula is C22H36O2. The molecule has 0 aliphatic carbocycles. The van der Waals surface area contributed by atoms with Gasteiger partial charge in [-0.2, -0.15) is 0 Å². The Kier molecular flexibility index (Phi) is 12.2. The van der Waals surface area contributed by atoms with Gasteiger partial charge >= 0.3 is 5.97 Å². The topological polar surface area (TPSA) is 26.3 Å². The summed E-state index contributed by atoms with van der Waals surface area (Å²) in [5, 5.41) is 0. The van der Waals surface area contributed by atoms with Crippen LogP contribution in [-0.4, -0.2) is 12.6 Å². The number of rotatable bonds is 14. The predicted molar refractivity (Wildman–Crippen MR) is 102 cm³/mol. The fourth-order valence-corrected chi connectivity index (χ4v) is 2.93. The molecule has 24 heavy (non-hydrogen) atoms. The van der Waals surface area contributed by atoms with Crippen LogP contribution in [0, 0.1) is 5.92 Å². The second-order valence-electron chi connectivity index (χ2n) is 7.01. The third-order valence-electron chi connectivity index (χ3n) is 4.63. The van der Waals surface area contributed by atoms with Gasteiger partial charge in [-0.25, -0.2) is 0 Å². The number of esters is 1. The van der Waals surface area contributed by atoms with Crippen LogP contribution in [0.25, 0.3) is 0 Å². The Hall–Kier alpha value is -1.31. The minimum Gasteiger partial charge on any atom is -0.466 e. The van der Waals surface area contributed by atoms with Crippen molar-refractivity contribution in [3.8, 4) is 0 Å². The van der Waals surface area contributed by atoms with Crippen LogP contribution < -0.4 is 0 Å². The number of unbranched alkanes of at least 4 members (excludes halogenated alkanes) is 6. The lowest BCUT2D eigenvalue weighted by Crippen LogP contribution is -2.09. The highest BCUT2D eigenvalue weighted by atomic mass is 16.5. The van der Waals surface area contributed by atoms with Gasteiger partial charge < -0.3 is 4.74 Å². The van der Waals surface area contributed by atoms with E-state index in [4.69, 9.17) is 4.74 Å². The molecule has 1 unspecified atom stereocenters. The maximum absolute atomic E-state index is 11.8. The van der Waals surface area contributed by atoms with E-state index in [-0.39, 0.29) is 5.97 Å². The summed E-state index contributed by atoms with van der Waals surface area (Å²) in [4.78, 5) is 11.8. The first-order valence-electron chi connectivity index (χ1n) is 9.92. The first-order valence-corrected chi connectivity index (χ1v) is 9.92. The second-order valence-corrected chi connectivity index (χ2v) is 7.01. The summed E-state index contributed by atoms with van der Waals surface area (Å²) in [5.74, 6) is 0.588. The number of benzene rings is 1. The number of hydrogen-bond donors (Lipinski definition) is 0. The van der Waals surface area contributed by atoms with Gasteiger partial charge in [0.25, 0.3) is 0 Å². The van der Waals surface area contributed by atoms with Crippen LogP contribution in [0.1, 0.15) is 83.6 Å². The van der Waals surface area contributed by atoms with Crippen molar-refractivity contribution in [1.29, 1.82) is 0 Å². The summed E-state index contributed by atoms with van der Waals surface area (Å²) in [5.41, 5.74) is 1.20. The molecule has 1 aromatic rings. The molecule has 0 fully saturated rings.